The fourth-order valence-electron chi connectivity index (χ4n) is 6.78. The summed E-state index contributed by atoms with van der Waals surface area (Å²) >= 11 is 0. The van der Waals surface area contributed by atoms with Gasteiger partial charge in [0.1, 0.15) is 11.5 Å². The van der Waals surface area contributed by atoms with Crippen LogP contribution in [0.1, 0.15) is 41.4 Å². The summed E-state index contributed by atoms with van der Waals surface area (Å²) in [4.78, 5) is 76.1. The fraction of sp³-hybridized carbons (Fsp3) is 0.564. The summed E-state index contributed by atoms with van der Waals surface area (Å²) in [7, 11) is 4.60. The van der Waals surface area contributed by atoms with E-state index in [1.165, 1.54) is 14.2 Å². The molecule has 9 N–H and O–H groups in total. The van der Waals surface area contributed by atoms with Gasteiger partial charge in [-0.25, -0.2) is 4.79 Å². The van der Waals surface area contributed by atoms with Crippen LogP contribution in [0.25, 0.3) is 0 Å². The molecule has 6 amide bonds. The van der Waals surface area contributed by atoms with Gasteiger partial charge in [0.15, 0.2) is 0 Å². The predicted octanol–water partition coefficient (Wildman–Crippen LogP) is -2.47. The summed E-state index contributed by atoms with van der Waals surface area (Å²) in [5, 5.41) is 27.1. The number of nitrogens with one attached hydrogen (secondary N) is 8. The van der Waals surface area contributed by atoms with E-state index in [1.54, 1.807) is 53.2 Å². The number of likely N-dealkylation sites (N-methyl/N-ethyl adjacent to an activating group) is 1. The van der Waals surface area contributed by atoms with E-state index >= 15 is 0 Å². The number of aliphatic hydroxyl groups excluding tert-OH is 1. The first-order chi connectivity index (χ1) is 28.7. The number of para-hydroxylation sites is 2. The maximum absolute atomic E-state index is 14.2. The summed E-state index contributed by atoms with van der Waals surface area (Å²) in [6, 6.07) is 9.24. The molecule has 59 heavy (non-hydrogen) atoms. The van der Waals surface area contributed by atoms with Gasteiger partial charge in [0, 0.05) is 118 Å². The van der Waals surface area contributed by atoms with Gasteiger partial charge in [-0.3, -0.25) is 45.1 Å². The van der Waals surface area contributed by atoms with Gasteiger partial charge in [-0.15, -0.1) is 0 Å². The van der Waals surface area contributed by atoms with Crippen molar-refractivity contribution in [2.45, 2.75) is 0 Å². The number of amides is 6. The third-order valence-corrected chi connectivity index (χ3v) is 9.99. The summed E-state index contributed by atoms with van der Waals surface area (Å²) in [6.07, 6.45) is 0. The van der Waals surface area contributed by atoms with Gasteiger partial charge in [0.2, 0.25) is 0 Å². The zero-order valence-electron chi connectivity index (χ0n) is 34.5. The van der Waals surface area contributed by atoms with E-state index in [0.29, 0.717) is 78.5 Å². The quantitative estimate of drug-likeness (QED) is 0.0943. The molecule has 326 valence electrons. The van der Waals surface area contributed by atoms with Gasteiger partial charge < -0.3 is 51.0 Å². The molecular formula is C39H62N12O8. The topological polar surface area (TPSA) is 233 Å². The molecule has 3 aliphatic heterocycles. The number of hydrogen-bond donors (Lipinski definition) is 9. The Morgan fingerprint density at radius 3 is 1.53 bits per heavy atom. The molecule has 0 fully saturated rings. The fourth-order valence-corrected chi connectivity index (χ4v) is 6.78. The van der Waals surface area contributed by atoms with Crippen molar-refractivity contribution < 1.29 is 38.6 Å². The average Bonchev–Trinajstić information content (AvgIpc) is 3.24. The highest BCUT2D eigenvalue weighted by Gasteiger charge is 2.25. The van der Waals surface area contributed by atoms with Crippen LogP contribution in [0.4, 0.5) is 4.79 Å². The molecule has 3 aliphatic rings. The molecule has 2 aromatic rings. The second-order valence-electron chi connectivity index (χ2n) is 13.9. The molecule has 0 spiro atoms. The highest BCUT2D eigenvalue weighted by Crippen LogP contribution is 2.25. The summed E-state index contributed by atoms with van der Waals surface area (Å²) in [6.45, 7) is 6.96. The number of benzene rings is 2. The molecule has 5 rings (SSSR count). The number of fused-ring (bicyclic) bond motifs is 22. The number of urea groups is 1. The number of methoxy groups -OCH3 is 2. The molecule has 20 heteroatoms. The van der Waals surface area contributed by atoms with E-state index in [0.717, 1.165) is 0 Å². The van der Waals surface area contributed by atoms with Crippen LogP contribution in [-0.2, 0) is 0 Å². The monoisotopic (exact) mass is 826 g/mol. The number of aliphatic hydroxyl groups is 1. The molecule has 20 nitrogen and oxygen atoms in total. The molecule has 0 saturated carbocycles. The lowest BCUT2D eigenvalue weighted by atomic mass is 10.1. The van der Waals surface area contributed by atoms with E-state index in [9.17, 15) is 29.1 Å². The maximum atomic E-state index is 14.2. The minimum Gasteiger partial charge on any atom is -0.495 e. The van der Waals surface area contributed by atoms with Crippen molar-refractivity contribution in [3.05, 3.63) is 58.7 Å². The Labute approximate surface area is 346 Å². The lowest BCUT2D eigenvalue weighted by Crippen LogP contribution is -2.52. The molecule has 6 bridgehead atoms. The summed E-state index contributed by atoms with van der Waals surface area (Å²) < 4.78 is 11.2. The standard InChI is InChI=1S/C39H62N12O8/c1-40-10-22-50-25-17-47-46-16-21-48(18-11-41-28-52)26-27-49-19-12-42-35(53)29-6-4-8-31(33(29)58-2)37(55)44-14-23-51(39(50)57)24-15-45-38(56)32-9-5-7-30(34(32)59-3)36(54)43-13-20-49/h4-9,40-41,46-47,52H,10-28H2,1-3H3,(H,42,53)(H,43,54)(H,44,55)(H,45,56). The van der Waals surface area contributed by atoms with E-state index < -0.39 is 23.6 Å². The Balaban J connectivity index is 1.74. The number of carbonyl (C=O) groups excluding carboxylic acids is 5. The number of hydrazine groups is 1. The third-order valence-electron chi connectivity index (χ3n) is 9.99. The Kier molecular flexibility index (Phi) is 20.1. The molecule has 2 aromatic carbocycles. The maximum Gasteiger partial charge on any atom is 0.320 e. The van der Waals surface area contributed by atoms with Crippen molar-refractivity contribution in [3.8, 4) is 11.5 Å². The molecule has 0 aliphatic carbocycles. The second-order valence-corrected chi connectivity index (χ2v) is 13.9. The van der Waals surface area contributed by atoms with Crippen LogP contribution in [0.3, 0.4) is 0 Å². The first kappa shape index (κ1) is 46.6. The molecule has 0 atom stereocenters. The second kappa shape index (κ2) is 25.4. The Morgan fingerprint density at radius 2 is 1.07 bits per heavy atom. The van der Waals surface area contributed by atoms with Gasteiger partial charge in [-0.05, 0) is 31.3 Å². The highest BCUT2D eigenvalue weighted by atomic mass is 16.5. The first-order valence-electron chi connectivity index (χ1n) is 20.1. The van der Waals surface area contributed by atoms with Crippen molar-refractivity contribution in [1.29, 1.82) is 0 Å². The molecule has 0 unspecified atom stereocenters. The zero-order chi connectivity index (χ0) is 42.4. The van der Waals surface area contributed by atoms with Crippen LogP contribution in [0.5, 0.6) is 11.5 Å². The van der Waals surface area contributed by atoms with Gasteiger partial charge in [0.05, 0.1) is 43.2 Å². The summed E-state index contributed by atoms with van der Waals surface area (Å²) in [5.41, 5.74) is 7.19. The first-order valence-corrected chi connectivity index (χ1v) is 20.1. The zero-order valence-corrected chi connectivity index (χ0v) is 34.5. The number of nitrogens with zero attached hydrogens (tertiary/aromatic N) is 4. The smallest absolute Gasteiger partial charge is 0.320 e. The summed E-state index contributed by atoms with van der Waals surface area (Å²) in [5.74, 6) is -1.57. The van der Waals surface area contributed by atoms with Crippen LogP contribution < -0.4 is 52.2 Å². The highest BCUT2D eigenvalue weighted by molar-refractivity contribution is 6.05. The van der Waals surface area contributed by atoms with Gasteiger partial charge >= 0.3 is 6.03 Å². The lowest BCUT2D eigenvalue weighted by Gasteiger charge is -2.31. The Bertz CT molecular complexity index is 1590. The largest absolute Gasteiger partial charge is 0.495 e. The minimum atomic E-state index is -0.484. The molecule has 0 saturated heterocycles. The van der Waals surface area contributed by atoms with Gasteiger partial charge in [-0.2, -0.15) is 0 Å². The SMILES string of the molecule is CNCCN1CCNNCCN(CCNCO)CCN2CCNC(=O)c3cccc(c3OC)C(=O)NCCN(CCNC(=O)c3cccc(c3OC)C(=O)NCC2)C1=O. The van der Waals surface area contributed by atoms with Crippen molar-refractivity contribution in [3.63, 3.8) is 0 Å². The van der Waals surface area contributed by atoms with Crippen LogP contribution in [-0.4, -0.2) is 200 Å². The third kappa shape index (κ3) is 14.3. The molecule has 0 aromatic heterocycles. The lowest BCUT2D eigenvalue weighted by molar-refractivity contribution is 0.0934. The van der Waals surface area contributed by atoms with Crippen LogP contribution in [0, 0.1) is 0 Å². The van der Waals surface area contributed by atoms with Crippen molar-refractivity contribution in [1.82, 2.24) is 62.4 Å². The van der Waals surface area contributed by atoms with Crippen molar-refractivity contribution in [2.75, 3.05) is 146 Å². The van der Waals surface area contributed by atoms with Crippen LogP contribution in [0.15, 0.2) is 36.4 Å². The van der Waals surface area contributed by atoms with Crippen LogP contribution >= 0.6 is 0 Å². The molecular weight excluding hydrogens is 765 g/mol. The minimum absolute atomic E-state index is 0.0584. The number of carbonyl (C=O) groups is 5. The number of hydrogen-bond acceptors (Lipinski definition) is 14. The Morgan fingerprint density at radius 1 is 0.593 bits per heavy atom. The number of rotatable bonds is 9. The van der Waals surface area contributed by atoms with Crippen molar-refractivity contribution in [2.24, 2.45) is 0 Å². The van der Waals surface area contributed by atoms with Crippen LogP contribution in [0.2, 0.25) is 0 Å². The van der Waals surface area contributed by atoms with Gasteiger partial charge in [0.25, 0.3) is 23.6 Å². The van der Waals surface area contributed by atoms with E-state index in [-0.39, 0.29) is 85.8 Å². The van der Waals surface area contributed by atoms with E-state index in [1.807, 2.05) is 0 Å². The Hall–Kier alpha value is -5.09. The van der Waals surface area contributed by atoms with Gasteiger partial charge in [-0.1, -0.05) is 12.1 Å². The number of ether oxygens (including phenoxy) is 2. The average molecular weight is 827 g/mol. The van der Waals surface area contributed by atoms with E-state index in [2.05, 4.69) is 52.6 Å². The molecule has 0 radical (unpaired) electrons. The normalized spacial score (nSPS) is 18.4. The predicted molar refractivity (Wildman–Crippen MR) is 222 cm³/mol. The van der Waals surface area contributed by atoms with Crippen molar-refractivity contribution >= 4 is 29.7 Å². The molecule has 3 heterocycles. The van der Waals surface area contributed by atoms with E-state index in [4.69, 9.17) is 9.47 Å².